The van der Waals surface area contributed by atoms with Gasteiger partial charge in [-0.15, -0.1) is 0 Å². The van der Waals surface area contributed by atoms with Gasteiger partial charge in [0.1, 0.15) is 5.82 Å². The van der Waals surface area contributed by atoms with E-state index in [1.165, 1.54) is 12.1 Å². The second-order valence-corrected chi connectivity index (χ2v) is 4.24. The molecule has 0 fully saturated rings. The molecule has 0 saturated carbocycles. The van der Waals surface area contributed by atoms with Gasteiger partial charge in [0.25, 0.3) is 0 Å². The zero-order valence-corrected chi connectivity index (χ0v) is 9.86. The first-order valence-corrected chi connectivity index (χ1v) is 5.64. The molecule has 1 atom stereocenters. The van der Waals surface area contributed by atoms with Crippen LogP contribution in [0.1, 0.15) is 17.2 Å². The smallest absolute Gasteiger partial charge is 0.124 e. The zero-order chi connectivity index (χ0) is 12.3. The molecule has 0 spiro atoms. The van der Waals surface area contributed by atoms with E-state index in [4.69, 9.17) is 17.3 Å². The highest BCUT2D eigenvalue weighted by Crippen LogP contribution is 2.24. The molecule has 2 N–H and O–H groups in total. The molecule has 17 heavy (non-hydrogen) atoms. The Morgan fingerprint density at radius 2 is 1.94 bits per heavy atom. The van der Waals surface area contributed by atoms with E-state index in [1.54, 1.807) is 18.5 Å². The maximum absolute atomic E-state index is 12.9. The molecule has 0 amide bonds. The lowest BCUT2D eigenvalue weighted by molar-refractivity contribution is 0.624. The number of hydrogen-bond acceptors (Lipinski definition) is 2. The quantitative estimate of drug-likeness (QED) is 0.909. The van der Waals surface area contributed by atoms with Gasteiger partial charge in [0.05, 0.1) is 0 Å². The van der Waals surface area contributed by atoms with Crippen LogP contribution in [0.4, 0.5) is 4.39 Å². The Morgan fingerprint density at radius 3 is 2.59 bits per heavy atom. The lowest BCUT2D eigenvalue weighted by Crippen LogP contribution is -2.14. The van der Waals surface area contributed by atoms with Crippen LogP contribution in [-0.4, -0.2) is 4.98 Å². The van der Waals surface area contributed by atoms with E-state index in [9.17, 15) is 4.39 Å². The van der Waals surface area contributed by atoms with Gasteiger partial charge < -0.3 is 5.73 Å². The van der Waals surface area contributed by atoms with Crippen LogP contribution in [-0.2, 0) is 6.42 Å². The lowest BCUT2D eigenvalue weighted by atomic mass is 10.0. The Kier molecular flexibility index (Phi) is 3.71. The molecular weight excluding hydrogens is 239 g/mol. The van der Waals surface area contributed by atoms with Gasteiger partial charge in [0.2, 0.25) is 0 Å². The highest BCUT2D eigenvalue weighted by molar-refractivity contribution is 6.31. The first-order valence-electron chi connectivity index (χ1n) is 5.26. The van der Waals surface area contributed by atoms with E-state index < -0.39 is 0 Å². The van der Waals surface area contributed by atoms with Crippen molar-refractivity contribution in [3.63, 3.8) is 0 Å². The summed E-state index contributed by atoms with van der Waals surface area (Å²) in [5, 5.41) is 0.367. The summed E-state index contributed by atoms with van der Waals surface area (Å²) in [5.74, 6) is -0.352. The molecule has 0 aliphatic carbocycles. The molecule has 0 aliphatic rings. The van der Waals surface area contributed by atoms with Gasteiger partial charge in [-0.05, 0) is 41.8 Å². The molecule has 88 valence electrons. The van der Waals surface area contributed by atoms with Crippen molar-refractivity contribution in [2.45, 2.75) is 12.5 Å². The average molecular weight is 251 g/mol. The van der Waals surface area contributed by atoms with Gasteiger partial charge in [-0.2, -0.15) is 0 Å². The fourth-order valence-electron chi connectivity index (χ4n) is 1.68. The standard InChI is InChI=1S/C13H12ClFN2/c14-12-8-10(15)1-2-11(12)13(16)7-9-3-5-17-6-4-9/h1-6,8,13H,7,16H2. The molecule has 1 heterocycles. The minimum atomic E-state index is -0.352. The van der Waals surface area contributed by atoms with Gasteiger partial charge in [-0.1, -0.05) is 17.7 Å². The number of benzene rings is 1. The van der Waals surface area contributed by atoms with E-state index in [2.05, 4.69) is 4.98 Å². The minimum Gasteiger partial charge on any atom is -0.324 e. The SMILES string of the molecule is NC(Cc1ccncc1)c1ccc(F)cc1Cl. The van der Waals surface area contributed by atoms with Gasteiger partial charge in [-0.25, -0.2) is 4.39 Å². The van der Waals surface area contributed by atoms with Crippen LogP contribution in [0.3, 0.4) is 0 Å². The Bertz CT molecular complexity index is 502. The fraction of sp³-hybridized carbons (Fsp3) is 0.154. The van der Waals surface area contributed by atoms with Crippen molar-refractivity contribution in [2.75, 3.05) is 0 Å². The summed E-state index contributed by atoms with van der Waals surface area (Å²) in [6, 6.07) is 7.83. The van der Waals surface area contributed by atoms with Gasteiger partial charge >= 0.3 is 0 Å². The highest BCUT2D eigenvalue weighted by atomic mass is 35.5. The average Bonchev–Trinajstić information content (AvgIpc) is 2.30. The van der Waals surface area contributed by atoms with Crippen LogP contribution in [0, 0.1) is 5.82 Å². The second-order valence-electron chi connectivity index (χ2n) is 3.83. The molecule has 1 unspecified atom stereocenters. The summed E-state index contributed by atoms with van der Waals surface area (Å²) < 4.78 is 12.9. The summed E-state index contributed by atoms with van der Waals surface area (Å²) in [7, 11) is 0. The van der Waals surface area contributed by atoms with Crippen LogP contribution >= 0.6 is 11.6 Å². The van der Waals surface area contributed by atoms with E-state index >= 15 is 0 Å². The minimum absolute atomic E-state index is 0.245. The summed E-state index contributed by atoms with van der Waals surface area (Å²) in [6.07, 6.45) is 4.08. The summed E-state index contributed by atoms with van der Waals surface area (Å²) in [4.78, 5) is 3.94. The third kappa shape index (κ3) is 3.02. The molecular formula is C13H12ClFN2. The monoisotopic (exact) mass is 250 g/mol. The predicted octanol–water partition coefficient (Wildman–Crippen LogP) is 3.12. The Morgan fingerprint density at radius 1 is 1.24 bits per heavy atom. The summed E-state index contributed by atoms with van der Waals surface area (Å²) in [5.41, 5.74) is 7.88. The molecule has 0 saturated heterocycles. The maximum Gasteiger partial charge on any atom is 0.124 e. The third-order valence-electron chi connectivity index (χ3n) is 2.57. The number of aromatic nitrogens is 1. The Labute approximate surface area is 104 Å². The first kappa shape index (κ1) is 12.0. The van der Waals surface area contributed by atoms with Gasteiger partial charge in [-0.3, -0.25) is 4.98 Å². The lowest BCUT2D eigenvalue weighted by Gasteiger charge is -2.13. The van der Waals surface area contributed by atoms with Crippen molar-refractivity contribution in [3.05, 3.63) is 64.7 Å². The number of halogens is 2. The topological polar surface area (TPSA) is 38.9 Å². The van der Waals surface area contributed by atoms with E-state index in [0.717, 1.165) is 11.1 Å². The molecule has 1 aromatic carbocycles. The van der Waals surface area contributed by atoms with Crippen molar-refractivity contribution < 1.29 is 4.39 Å². The second kappa shape index (κ2) is 5.25. The van der Waals surface area contributed by atoms with Crippen molar-refractivity contribution in [1.29, 1.82) is 0 Å². The Hall–Kier alpha value is -1.45. The number of nitrogens with zero attached hydrogens (tertiary/aromatic N) is 1. The summed E-state index contributed by atoms with van der Waals surface area (Å²) >= 11 is 5.96. The third-order valence-corrected chi connectivity index (χ3v) is 2.89. The number of hydrogen-bond donors (Lipinski definition) is 1. The van der Waals surface area contributed by atoms with E-state index in [0.29, 0.717) is 11.4 Å². The molecule has 0 aliphatic heterocycles. The van der Waals surface area contributed by atoms with Gasteiger partial charge in [0, 0.05) is 23.5 Å². The zero-order valence-electron chi connectivity index (χ0n) is 9.11. The fourth-order valence-corrected chi connectivity index (χ4v) is 1.99. The van der Waals surface area contributed by atoms with Crippen molar-refractivity contribution in [2.24, 2.45) is 5.73 Å². The van der Waals surface area contributed by atoms with E-state index in [-0.39, 0.29) is 11.9 Å². The molecule has 1 aromatic heterocycles. The molecule has 0 bridgehead atoms. The van der Waals surface area contributed by atoms with Crippen molar-refractivity contribution in [3.8, 4) is 0 Å². The van der Waals surface area contributed by atoms with E-state index in [1.807, 2.05) is 12.1 Å². The van der Waals surface area contributed by atoms with Crippen LogP contribution in [0.5, 0.6) is 0 Å². The highest BCUT2D eigenvalue weighted by Gasteiger charge is 2.11. The van der Waals surface area contributed by atoms with Crippen molar-refractivity contribution >= 4 is 11.6 Å². The normalized spacial score (nSPS) is 12.4. The largest absolute Gasteiger partial charge is 0.324 e. The van der Waals surface area contributed by atoms with Gasteiger partial charge in [0.15, 0.2) is 0 Å². The van der Waals surface area contributed by atoms with Crippen LogP contribution < -0.4 is 5.73 Å². The van der Waals surface area contributed by atoms with Crippen LogP contribution in [0.2, 0.25) is 5.02 Å². The number of pyridine rings is 1. The van der Waals surface area contributed by atoms with Crippen LogP contribution in [0.25, 0.3) is 0 Å². The van der Waals surface area contributed by atoms with Crippen molar-refractivity contribution in [1.82, 2.24) is 4.98 Å². The summed E-state index contributed by atoms with van der Waals surface area (Å²) in [6.45, 7) is 0. The van der Waals surface area contributed by atoms with Crippen LogP contribution in [0.15, 0.2) is 42.7 Å². The maximum atomic E-state index is 12.9. The molecule has 2 rings (SSSR count). The molecule has 2 nitrogen and oxygen atoms in total. The predicted molar refractivity (Wildman–Crippen MR) is 66.3 cm³/mol. The molecule has 0 radical (unpaired) electrons. The molecule has 4 heteroatoms. The first-order chi connectivity index (χ1) is 8.16. The Balaban J connectivity index is 2.17. The number of rotatable bonds is 3. The molecule has 2 aromatic rings. The number of nitrogens with two attached hydrogens (primary N) is 1.